The van der Waals surface area contributed by atoms with Crippen LogP contribution in [0.4, 0.5) is 0 Å². The van der Waals surface area contributed by atoms with E-state index in [4.69, 9.17) is 46.4 Å². The van der Waals surface area contributed by atoms with E-state index in [1.807, 2.05) is 12.1 Å². The number of pyridine rings is 2. The molecule has 2 heterocycles. The summed E-state index contributed by atoms with van der Waals surface area (Å²) in [4.78, 5) is 22.7. The Morgan fingerprint density at radius 1 is 0.656 bits per heavy atom. The van der Waals surface area contributed by atoms with Crippen molar-refractivity contribution in [3.8, 4) is 0 Å². The largest absolute Gasteiger partial charge is 0.298 e. The quantitative estimate of drug-likeness (QED) is 0.273. The Morgan fingerprint density at radius 2 is 1.09 bits per heavy atom. The van der Waals surface area contributed by atoms with Gasteiger partial charge in [-0.2, -0.15) is 0 Å². The fraction of sp³-hybridized carbons (Fsp3) is 0.0800. The summed E-state index contributed by atoms with van der Waals surface area (Å²) in [6.07, 6.45) is 6.64. The summed E-state index contributed by atoms with van der Waals surface area (Å²) in [6.45, 7) is 0. The molecule has 0 aliphatic heterocycles. The van der Waals surface area contributed by atoms with Gasteiger partial charge in [0, 0.05) is 44.9 Å². The molecule has 2 aromatic carbocycles. The molecule has 3 nitrogen and oxygen atoms in total. The van der Waals surface area contributed by atoms with E-state index >= 15 is 0 Å². The van der Waals surface area contributed by atoms with Gasteiger partial charge in [-0.1, -0.05) is 70.7 Å². The van der Waals surface area contributed by atoms with E-state index in [2.05, 4.69) is 9.97 Å². The van der Waals surface area contributed by atoms with E-state index in [1.54, 1.807) is 73.3 Å². The molecule has 0 saturated heterocycles. The Kier molecular flexibility index (Phi) is 7.12. The maximum atomic E-state index is 14.3. The molecular weight excluding hydrogens is 486 g/mol. The molecule has 160 valence electrons. The normalized spacial score (nSPS) is 12.9. The molecule has 2 aromatic heterocycles. The van der Waals surface area contributed by atoms with Gasteiger partial charge in [0.1, 0.15) is 0 Å². The summed E-state index contributed by atoms with van der Waals surface area (Å²) in [7, 11) is 0. The van der Waals surface area contributed by atoms with Crippen LogP contribution in [-0.4, -0.2) is 15.8 Å². The van der Waals surface area contributed by atoms with Gasteiger partial charge in [-0.25, -0.2) is 0 Å². The molecule has 7 heteroatoms. The number of carbonyl (C=O) groups is 1. The number of ketones is 1. The van der Waals surface area contributed by atoms with Crippen LogP contribution in [-0.2, 0) is 4.79 Å². The Labute approximate surface area is 206 Å². The first-order chi connectivity index (χ1) is 15.5. The Hall–Kier alpha value is -2.43. The highest BCUT2D eigenvalue weighted by atomic mass is 35.5. The lowest BCUT2D eigenvalue weighted by Crippen LogP contribution is -2.23. The molecule has 0 aliphatic rings. The second-order valence-electron chi connectivity index (χ2n) is 7.17. The molecule has 0 aliphatic carbocycles. The monoisotopic (exact) mass is 500 g/mol. The van der Waals surface area contributed by atoms with E-state index in [0.717, 1.165) is 0 Å². The van der Waals surface area contributed by atoms with Crippen LogP contribution in [0.5, 0.6) is 0 Å². The molecule has 0 N–H and O–H groups in total. The molecule has 0 bridgehead atoms. The Morgan fingerprint density at radius 3 is 1.44 bits per heavy atom. The van der Waals surface area contributed by atoms with Gasteiger partial charge in [0.15, 0.2) is 5.78 Å². The molecule has 32 heavy (non-hydrogen) atoms. The van der Waals surface area contributed by atoms with Crippen molar-refractivity contribution in [3.63, 3.8) is 0 Å². The van der Waals surface area contributed by atoms with Crippen molar-refractivity contribution in [2.24, 2.45) is 0 Å². The minimum Gasteiger partial charge on any atom is -0.298 e. The second kappa shape index (κ2) is 10.0. The predicted molar refractivity (Wildman–Crippen MR) is 130 cm³/mol. The van der Waals surface area contributed by atoms with Crippen molar-refractivity contribution < 1.29 is 4.79 Å². The summed E-state index contributed by atoms with van der Waals surface area (Å²) in [5, 5.41) is 1.76. The van der Waals surface area contributed by atoms with E-state index < -0.39 is 11.8 Å². The maximum absolute atomic E-state index is 14.3. The number of hydrogen-bond acceptors (Lipinski definition) is 3. The van der Waals surface area contributed by atoms with Crippen molar-refractivity contribution in [3.05, 3.63) is 128 Å². The van der Waals surface area contributed by atoms with Gasteiger partial charge in [-0.3, -0.25) is 14.8 Å². The third kappa shape index (κ3) is 4.82. The minimum absolute atomic E-state index is 0.126. The lowest BCUT2D eigenvalue weighted by molar-refractivity contribution is -0.120. The molecule has 2 atom stereocenters. The number of rotatable bonds is 6. The first-order valence-electron chi connectivity index (χ1n) is 9.69. The van der Waals surface area contributed by atoms with Crippen LogP contribution in [0.25, 0.3) is 0 Å². The number of halogens is 4. The van der Waals surface area contributed by atoms with Crippen LogP contribution in [0.15, 0.2) is 85.5 Å². The summed E-state index contributed by atoms with van der Waals surface area (Å²) in [5.41, 5.74) is 2.68. The standard InChI is InChI=1S/C25H16Cl4N2O/c26-17-5-7-19(21(28)11-17)23(15-3-1-9-30-13-15)25(32)24(16-4-2-10-31-14-16)20-8-6-18(27)12-22(20)29/h1-14,23-24H. The molecule has 2 unspecified atom stereocenters. The van der Waals surface area contributed by atoms with Crippen LogP contribution in [0.3, 0.4) is 0 Å². The number of carbonyl (C=O) groups excluding carboxylic acids is 1. The number of nitrogens with zero attached hydrogens (tertiary/aromatic N) is 2. The van der Waals surface area contributed by atoms with Gasteiger partial charge in [0.05, 0.1) is 11.8 Å². The molecule has 0 spiro atoms. The van der Waals surface area contributed by atoms with Crippen molar-refractivity contribution >= 4 is 52.2 Å². The van der Waals surface area contributed by atoms with Gasteiger partial charge in [-0.05, 0) is 58.7 Å². The molecule has 0 radical (unpaired) electrons. The topological polar surface area (TPSA) is 42.9 Å². The maximum Gasteiger partial charge on any atom is 0.156 e. The van der Waals surface area contributed by atoms with Crippen LogP contribution < -0.4 is 0 Å². The Bertz CT molecular complexity index is 1150. The molecule has 0 amide bonds. The van der Waals surface area contributed by atoms with E-state index in [-0.39, 0.29) is 5.78 Å². The van der Waals surface area contributed by atoms with Gasteiger partial charge in [0.2, 0.25) is 0 Å². The number of Topliss-reactive ketones (excluding diaryl/α,β-unsaturated/α-hetero) is 1. The first-order valence-corrected chi connectivity index (χ1v) is 11.2. The highest BCUT2D eigenvalue weighted by Gasteiger charge is 2.34. The predicted octanol–water partition coefficient (Wildman–Crippen LogP) is 7.62. The number of hydrogen-bond donors (Lipinski definition) is 0. The minimum atomic E-state index is -0.703. The number of aromatic nitrogens is 2. The SMILES string of the molecule is O=C(C(c1cccnc1)c1ccc(Cl)cc1Cl)C(c1cccnc1)c1ccc(Cl)cc1Cl. The van der Waals surface area contributed by atoms with Gasteiger partial charge < -0.3 is 0 Å². The van der Waals surface area contributed by atoms with Crippen LogP contribution >= 0.6 is 46.4 Å². The van der Waals surface area contributed by atoms with Crippen LogP contribution in [0.1, 0.15) is 34.1 Å². The highest BCUT2D eigenvalue weighted by molar-refractivity contribution is 6.36. The zero-order valence-corrected chi connectivity index (χ0v) is 19.6. The van der Waals surface area contributed by atoms with Crippen molar-refractivity contribution in [1.29, 1.82) is 0 Å². The van der Waals surface area contributed by atoms with Crippen molar-refractivity contribution in [2.45, 2.75) is 11.8 Å². The molecule has 4 rings (SSSR count). The van der Waals surface area contributed by atoms with Crippen LogP contribution in [0, 0.1) is 0 Å². The second-order valence-corrected chi connectivity index (χ2v) is 8.86. The summed E-state index contributed by atoms with van der Waals surface area (Å²) in [6, 6.07) is 17.5. The fourth-order valence-electron chi connectivity index (χ4n) is 3.73. The summed E-state index contributed by atoms with van der Waals surface area (Å²) < 4.78 is 0. The average Bonchev–Trinajstić information content (AvgIpc) is 2.79. The smallest absolute Gasteiger partial charge is 0.156 e. The molecule has 4 aromatic rings. The molecule has 0 saturated carbocycles. The van der Waals surface area contributed by atoms with Gasteiger partial charge >= 0.3 is 0 Å². The van der Waals surface area contributed by atoms with Crippen molar-refractivity contribution in [1.82, 2.24) is 9.97 Å². The van der Waals surface area contributed by atoms with E-state index in [1.165, 1.54) is 0 Å². The third-order valence-corrected chi connectivity index (χ3v) is 6.28. The first kappa shape index (κ1) is 22.8. The number of benzene rings is 2. The molecular formula is C25H16Cl4N2O. The zero-order chi connectivity index (χ0) is 22.7. The Balaban J connectivity index is 1.92. The average molecular weight is 502 g/mol. The fourth-order valence-corrected chi connectivity index (χ4v) is 4.76. The van der Waals surface area contributed by atoms with E-state index in [0.29, 0.717) is 42.3 Å². The lowest BCUT2D eigenvalue weighted by Gasteiger charge is -2.25. The summed E-state index contributed by atoms with van der Waals surface area (Å²) in [5.74, 6) is -1.53. The highest BCUT2D eigenvalue weighted by Crippen LogP contribution is 2.40. The zero-order valence-electron chi connectivity index (χ0n) is 16.6. The third-order valence-electron chi connectivity index (χ3n) is 5.15. The van der Waals surface area contributed by atoms with Crippen molar-refractivity contribution in [2.75, 3.05) is 0 Å². The van der Waals surface area contributed by atoms with E-state index in [9.17, 15) is 4.79 Å². The van der Waals surface area contributed by atoms with Gasteiger partial charge in [0.25, 0.3) is 0 Å². The lowest BCUT2D eigenvalue weighted by atomic mass is 9.77. The van der Waals surface area contributed by atoms with Gasteiger partial charge in [-0.15, -0.1) is 0 Å². The summed E-state index contributed by atoms with van der Waals surface area (Å²) >= 11 is 25.3. The molecule has 0 fully saturated rings. The van der Waals surface area contributed by atoms with Crippen LogP contribution in [0.2, 0.25) is 20.1 Å².